The van der Waals surface area contributed by atoms with Crippen LogP contribution in [0.25, 0.3) is 12.2 Å². The zero-order chi connectivity index (χ0) is 24.7. The van der Waals surface area contributed by atoms with Crippen molar-refractivity contribution in [1.29, 1.82) is 0 Å². The van der Waals surface area contributed by atoms with Crippen molar-refractivity contribution in [2.45, 2.75) is 12.0 Å². The van der Waals surface area contributed by atoms with Crippen LogP contribution >= 0.6 is 0 Å². The van der Waals surface area contributed by atoms with Crippen LogP contribution in [0.4, 0.5) is 0 Å². The van der Waals surface area contributed by atoms with Gasteiger partial charge in [-0.3, -0.25) is 0 Å². The van der Waals surface area contributed by atoms with Gasteiger partial charge in [-0.15, -0.1) is 0 Å². The summed E-state index contributed by atoms with van der Waals surface area (Å²) in [5, 5.41) is 60.4. The first-order chi connectivity index (χ1) is 16.8. The number of phenolic OH excluding ortho intramolecular Hbond substituents is 6. The summed E-state index contributed by atoms with van der Waals surface area (Å²) >= 11 is 0. The average molecular weight is 470 g/mol. The molecule has 0 amide bonds. The Morgan fingerprint density at radius 1 is 0.600 bits per heavy atom. The van der Waals surface area contributed by atoms with Crippen molar-refractivity contribution >= 4 is 12.2 Å². The lowest BCUT2D eigenvalue weighted by Gasteiger charge is -2.22. The summed E-state index contributed by atoms with van der Waals surface area (Å²) in [4.78, 5) is 0. The Hall–Kier alpha value is -4.78. The lowest BCUT2D eigenvalue weighted by Crippen LogP contribution is -2.12. The number of fused-ring (bicyclic) bond motifs is 1. The summed E-state index contributed by atoms with van der Waals surface area (Å²) in [6, 6.07) is 18.4. The molecule has 0 saturated heterocycles. The van der Waals surface area contributed by atoms with Crippen molar-refractivity contribution in [3.8, 4) is 40.2 Å². The Kier molecular flexibility index (Phi) is 5.37. The minimum absolute atomic E-state index is 0.0167. The maximum atomic E-state index is 10.7. The minimum Gasteiger partial charge on any atom is -0.508 e. The van der Waals surface area contributed by atoms with E-state index in [0.29, 0.717) is 28.0 Å². The number of rotatable bonds is 4. The Labute approximate surface area is 200 Å². The van der Waals surface area contributed by atoms with E-state index < -0.39 is 12.0 Å². The van der Waals surface area contributed by atoms with Gasteiger partial charge in [0, 0.05) is 23.3 Å². The van der Waals surface area contributed by atoms with Gasteiger partial charge in [0.05, 0.1) is 5.92 Å². The highest BCUT2D eigenvalue weighted by atomic mass is 16.5. The highest BCUT2D eigenvalue weighted by molar-refractivity contribution is 5.75. The predicted octanol–water partition coefficient (Wildman–Crippen LogP) is 5.36. The minimum atomic E-state index is -0.713. The molecule has 0 bridgehead atoms. The summed E-state index contributed by atoms with van der Waals surface area (Å²) in [7, 11) is 0. The first-order valence-corrected chi connectivity index (χ1v) is 10.8. The Morgan fingerprint density at radius 2 is 1.34 bits per heavy atom. The molecule has 1 aliphatic rings. The van der Waals surface area contributed by atoms with Gasteiger partial charge in [-0.05, 0) is 53.1 Å². The van der Waals surface area contributed by atoms with E-state index in [9.17, 15) is 30.6 Å². The van der Waals surface area contributed by atoms with Gasteiger partial charge >= 0.3 is 0 Å². The van der Waals surface area contributed by atoms with Gasteiger partial charge in [-0.2, -0.15) is 0 Å². The van der Waals surface area contributed by atoms with Crippen molar-refractivity contribution < 1.29 is 35.4 Å². The third-order valence-electron chi connectivity index (χ3n) is 6.05. The fraction of sp³-hybridized carbons (Fsp3) is 0.0714. The number of benzene rings is 4. The molecule has 7 heteroatoms. The molecule has 0 aliphatic carbocycles. The highest BCUT2D eigenvalue weighted by Gasteiger charge is 2.40. The van der Waals surface area contributed by atoms with E-state index in [1.165, 1.54) is 30.3 Å². The molecular weight excluding hydrogens is 448 g/mol. The predicted molar refractivity (Wildman–Crippen MR) is 130 cm³/mol. The van der Waals surface area contributed by atoms with Gasteiger partial charge < -0.3 is 35.4 Å². The smallest absolute Gasteiger partial charge is 0.157 e. The number of ether oxygens (including phenoxy) is 1. The maximum Gasteiger partial charge on any atom is 0.157 e. The molecule has 4 aromatic carbocycles. The van der Waals surface area contributed by atoms with Crippen LogP contribution in [0, 0.1) is 0 Å². The van der Waals surface area contributed by atoms with E-state index in [-0.39, 0.29) is 34.5 Å². The van der Waals surface area contributed by atoms with Gasteiger partial charge in [-0.25, -0.2) is 0 Å². The normalized spacial score (nSPS) is 16.8. The molecule has 0 unspecified atom stereocenters. The molecule has 7 nitrogen and oxygen atoms in total. The van der Waals surface area contributed by atoms with Crippen LogP contribution in [0.15, 0.2) is 72.8 Å². The van der Waals surface area contributed by atoms with Crippen molar-refractivity contribution in [2.75, 3.05) is 0 Å². The monoisotopic (exact) mass is 470 g/mol. The largest absolute Gasteiger partial charge is 0.508 e. The summed E-state index contributed by atoms with van der Waals surface area (Å²) in [5.74, 6) is -0.869. The fourth-order valence-corrected chi connectivity index (χ4v) is 4.42. The summed E-state index contributed by atoms with van der Waals surface area (Å²) in [6.45, 7) is 0. The SMILES string of the molecule is Oc1ccc(/C=C/c2cc(O)cc3c2[C@@H](c2ccc(O)cc2O)[C@@H](c2ccc(O)c(O)c2)O3)cc1. The van der Waals surface area contributed by atoms with Crippen LogP contribution in [0.1, 0.15) is 39.8 Å². The third kappa shape index (κ3) is 4.15. The molecule has 176 valence electrons. The first kappa shape index (κ1) is 22.0. The second-order valence-electron chi connectivity index (χ2n) is 8.38. The van der Waals surface area contributed by atoms with Crippen LogP contribution in [-0.4, -0.2) is 30.6 Å². The van der Waals surface area contributed by atoms with E-state index in [2.05, 4.69) is 0 Å². The second-order valence-corrected chi connectivity index (χ2v) is 8.38. The first-order valence-electron chi connectivity index (χ1n) is 10.8. The molecule has 4 aromatic rings. The van der Waals surface area contributed by atoms with Gasteiger partial charge in [0.15, 0.2) is 11.5 Å². The van der Waals surface area contributed by atoms with Crippen molar-refractivity contribution in [3.63, 3.8) is 0 Å². The maximum absolute atomic E-state index is 10.7. The zero-order valence-corrected chi connectivity index (χ0v) is 18.3. The molecule has 1 aliphatic heterocycles. The second kappa shape index (κ2) is 8.53. The van der Waals surface area contributed by atoms with Crippen molar-refractivity contribution in [1.82, 2.24) is 0 Å². The van der Waals surface area contributed by atoms with Crippen LogP contribution in [0.3, 0.4) is 0 Å². The Balaban J connectivity index is 1.68. The molecular formula is C28H22O7. The van der Waals surface area contributed by atoms with Gasteiger partial charge in [0.25, 0.3) is 0 Å². The summed E-state index contributed by atoms with van der Waals surface area (Å²) in [5.41, 5.74) is 3.17. The molecule has 6 N–H and O–H groups in total. The molecule has 0 saturated carbocycles. The summed E-state index contributed by atoms with van der Waals surface area (Å²) in [6.07, 6.45) is 2.91. The van der Waals surface area contributed by atoms with Crippen molar-refractivity contribution in [2.24, 2.45) is 0 Å². The standard InChI is InChI=1S/C28H22O7/c29-18-6-2-15(3-7-18)1-4-16-11-20(31)14-25-26(16)27(21-9-8-19(30)13-23(21)33)28(35-25)17-5-10-22(32)24(34)12-17/h1-14,27-34H/b4-1+/t27-,28-/m1/s1. The van der Waals surface area contributed by atoms with Crippen LogP contribution in [0.5, 0.6) is 40.2 Å². The van der Waals surface area contributed by atoms with E-state index in [0.717, 1.165) is 5.56 Å². The van der Waals surface area contributed by atoms with Crippen molar-refractivity contribution in [3.05, 3.63) is 101 Å². The molecule has 35 heavy (non-hydrogen) atoms. The molecule has 5 rings (SSSR count). The zero-order valence-electron chi connectivity index (χ0n) is 18.3. The molecule has 0 spiro atoms. The molecule has 2 atom stereocenters. The lowest BCUT2D eigenvalue weighted by molar-refractivity contribution is 0.219. The van der Waals surface area contributed by atoms with Gasteiger partial charge in [0.2, 0.25) is 0 Å². The molecule has 0 aromatic heterocycles. The van der Waals surface area contributed by atoms with E-state index >= 15 is 0 Å². The average Bonchev–Trinajstić information content (AvgIpc) is 3.19. The fourth-order valence-electron chi connectivity index (χ4n) is 4.42. The topological polar surface area (TPSA) is 131 Å². The molecule has 0 fully saturated rings. The number of hydrogen-bond acceptors (Lipinski definition) is 7. The van der Waals surface area contributed by atoms with E-state index in [1.807, 2.05) is 6.08 Å². The van der Waals surface area contributed by atoms with Gasteiger partial charge in [0.1, 0.15) is 34.9 Å². The number of aromatic hydroxyl groups is 6. The van der Waals surface area contributed by atoms with Crippen LogP contribution in [0.2, 0.25) is 0 Å². The quantitative estimate of drug-likeness (QED) is 0.175. The lowest BCUT2D eigenvalue weighted by atomic mass is 9.82. The number of hydrogen-bond donors (Lipinski definition) is 6. The van der Waals surface area contributed by atoms with Crippen LogP contribution < -0.4 is 4.74 Å². The Morgan fingerprint density at radius 3 is 2.06 bits per heavy atom. The van der Waals surface area contributed by atoms with Crippen LogP contribution in [-0.2, 0) is 0 Å². The van der Waals surface area contributed by atoms with Gasteiger partial charge in [-0.1, -0.05) is 36.4 Å². The Bertz CT molecular complexity index is 1440. The van der Waals surface area contributed by atoms with E-state index in [4.69, 9.17) is 4.74 Å². The molecule has 1 heterocycles. The number of phenols is 6. The third-order valence-corrected chi connectivity index (χ3v) is 6.05. The molecule has 0 radical (unpaired) electrons. The highest BCUT2D eigenvalue weighted by Crippen LogP contribution is 2.54. The summed E-state index contributed by atoms with van der Waals surface area (Å²) < 4.78 is 6.24. The van der Waals surface area contributed by atoms with E-state index in [1.54, 1.807) is 48.5 Å².